The predicted octanol–water partition coefficient (Wildman–Crippen LogP) is 9.74. The lowest BCUT2D eigenvalue weighted by molar-refractivity contribution is -0.117. The number of carbonyl (C=O) groups excluding carboxylic acids is 2. The van der Waals surface area contributed by atoms with Gasteiger partial charge in [0.2, 0.25) is 0 Å². The highest BCUT2D eigenvalue weighted by atomic mass is 16.6. The summed E-state index contributed by atoms with van der Waals surface area (Å²) in [6.45, 7) is 14.5. The molecule has 4 aromatic carbocycles. The minimum atomic E-state index is -0.322. The molecule has 0 aromatic heterocycles. The van der Waals surface area contributed by atoms with Gasteiger partial charge in [-0.05, 0) is 69.4 Å². The second-order valence-corrected chi connectivity index (χ2v) is 15.1. The molecule has 49 heavy (non-hydrogen) atoms. The molecule has 5 heteroatoms. The first-order valence-corrected chi connectivity index (χ1v) is 17.6. The Kier molecular flexibility index (Phi) is 14.1. The normalized spacial score (nSPS) is 13.2. The third kappa shape index (κ3) is 13.5. The Morgan fingerprint density at radius 1 is 0.551 bits per heavy atom. The molecule has 0 fully saturated rings. The average molecular weight is 663 g/mol. The average Bonchev–Trinajstić information content (AvgIpc) is 3.09. The van der Waals surface area contributed by atoms with Gasteiger partial charge in [0, 0.05) is 28.9 Å². The van der Waals surface area contributed by atoms with Crippen LogP contribution < -0.4 is 0 Å². The summed E-state index contributed by atoms with van der Waals surface area (Å²) in [6, 6.07) is 34.6. The maximum absolute atomic E-state index is 12.9. The maximum atomic E-state index is 12.9. The smallest absolute Gasteiger partial charge is 0.193 e. The van der Waals surface area contributed by atoms with Crippen LogP contribution in [-0.4, -0.2) is 49.2 Å². The number of hydrogen-bond donors (Lipinski definition) is 0. The lowest BCUT2D eigenvalue weighted by Gasteiger charge is -2.29. The number of rotatable bonds is 18. The van der Waals surface area contributed by atoms with Crippen LogP contribution in [0.3, 0.4) is 0 Å². The Balaban J connectivity index is 1.36. The van der Waals surface area contributed by atoms with Crippen molar-refractivity contribution in [1.29, 1.82) is 0 Å². The number of carbonyl (C=O) groups is 2. The van der Waals surface area contributed by atoms with E-state index in [0.717, 1.165) is 43.2 Å². The van der Waals surface area contributed by atoms with Crippen LogP contribution >= 0.6 is 0 Å². The van der Waals surface area contributed by atoms with Crippen molar-refractivity contribution < 1.29 is 23.8 Å². The van der Waals surface area contributed by atoms with Crippen molar-refractivity contribution >= 4 is 11.6 Å². The number of ether oxygens (including phenoxy) is 3. The van der Waals surface area contributed by atoms with E-state index in [2.05, 4.69) is 41.5 Å². The summed E-state index contributed by atoms with van der Waals surface area (Å²) >= 11 is 0. The molecular weight excluding hydrogens is 608 g/mol. The Bertz CT molecular complexity index is 1560. The van der Waals surface area contributed by atoms with Gasteiger partial charge in [0.15, 0.2) is 11.6 Å². The first-order chi connectivity index (χ1) is 23.4. The molecule has 0 saturated heterocycles. The van der Waals surface area contributed by atoms with Gasteiger partial charge in [-0.15, -0.1) is 0 Å². The van der Waals surface area contributed by atoms with Crippen molar-refractivity contribution in [3.8, 4) is 0 Å². The fraction of sp³-hybridized carbons (Fsp3) is 0.409. The molecule has 0 spiro atoms. The van der Waals surface area contributed by atoms with Crippen LogP contribution in [-0.2, 0) is 27.1 Å². The van der Waals surface area contributed by atoms with Crippen LogP contribution in [0.25, 0.3) is 0 Å². The quantitative estimate of drug-likeness (QED) is 0.0784. The molecule has 260 valence electrons. The highest BCUT2D eigenvalue weighted by molar-refractivity contribution is 6.09. The minimum absolute atomic E-state index is 0.0295. The Morgan fingerprint density at radius 3 is 1.41 bits per heavy atom. The van der Waals surface area contributed by atoms with Crippen LogP contribution in [0.1, 0.15) is 104 Å². The van der Waals surface area contributed by atoms with E-state index in [1.807, 2.05) is 109 Å². The second-order valence-electron chi connectivity index (χ2n) is 15.1. The molecule has 0 aliphatic heterocycles. The summed E-state index contributed by atoms with van der Waals surface area (Å²) in [4.78, 5) is 25.7. The number of benzene rings is 4. The van der Waals surface area contributed by atoms with Crippen LogP contribution in [0.15, 0.2) is 109 Å². The minimum Gasteiger partial charge on any atom is -0.379 e. The van der Waals surface area contributed by atoms with Gasteiger partial charge in [0.1, 0.15) is 0 Å². The molecule has 0 aliphatic rings. The summed E-state index contributed by atoms with van der Waals surface area (Å²) in [7, 11) is 0. The summed E-state index contributed by atoms with van der Waals surface area (Å²) in [5.41, 5.74) is 4.95. The first kappa shape index (κ1) is 37.9. The van der Waals surface area contributed by atoms with Gasteiger partial charge in [0.05, 0.1) is 31.0 Å². The van der Waals surface area contributed by atoms with E-state index in [4.69, 9.17) is 14.2 Å². The zero-order chi connectivity index (χ0) is 35.3. The first-order valence-electron chi connectivity index (χ1n) is 17.6. The molecule has 0 amide bonds. The van der Waals surface area contributed by atoms with Crippen molar-refractivity contribution in [3.05, 3.63) is 143 Å². The standard InChI is InChI=1S/C44H54O5/c1-43(2,3)29-30-47-31-39(27-21-33-17-23-37(24-18-33)41(45)35-13-9-7-10-14-35)48-32-40(49-44(4,5)6)28-22-34-19-25-38(26-20-34)42(46)36-15-11-8-12-16-36/h7-20,23-26,39-40H,21-22,27-32H2,1-6H3. The van der Waals surface area contributed by atoms with E-state index in [9.17, 15) is 9.59 Å². The van der Waals surface area contributed by atoms with E-state index < -0.39 is 0 Å². The van der Waals surface area contributed by atoms with Crippen LogP contribution in [0.2, 0.25) is 0 Å². The van der Waals surface area contributed by atoms with E-state index >= 15 is 0 Å². The molecule has 0 bridgehead atoms. The van der Waals surface area contributed by atoms with Crippen molar-refractivity contribution in [1.82, 2.24) is 0 Å². The van der Waals surface area contributed by atoms with E-state index in [1.54, 1.807) is 0 Å². The van der Waals surface area contributed by atoms with Crippen molar-refractivity contribution in [2.45, 2.75) is 91.5 Å². The van der Waals surface area contributed by atoms with Crippen LogP contribution in [0.5, 0.6) is 0 Å². The van der Waals surface area contributed by atoms with E-state index in [1.165, 1.54) is 0 Å². The largest absolute Gasteiger partial charge is 0.379 e. The van der Waals surface area contributed by atoms with Crippen molar-refractivity contribution in [2.24, 2.45) is 5.41 Å². The molecule has 4 aromatic rings. The number of aryl methyl sites for hydroxylation is 2. The van der Waals surface area contributed by atoms with Gasteiger partial charge >= 0.3 is 0 Å². The lowest BCUT2D eigenvalue weighted by Crippen LogP contribution is -2.34. The lowest BCUT2D eigenvalue weighted by atomic mass is 9.93. The number of hydrogen-bond acceptors (Lipinski definition) is 5. The maximum Gasteiger partial charge on any atom is 0.193 e. The third-order valence-electron chi connectivity index (χ3n) is 8.35. The fourth-order valence-corrected chi connectivity index (χ4v) is 5.54. The van der Waals surface area contributed by atoms with Gasteiger partial charge in [-0.25, -0.2) is 0 Å². The molecular formula is C44H54O5. The zero-order valence-corrected chi connectivity index (χ0v) is 30.2. The van der Waals surface area contributed by atoms with Gasteiger partial charge in [-0.3, -0.25) is 9.59 Å². The summed E-state index contributed by atoms with van der Waals surface area (Å²) in [5, 5.41) is 0. The van der Waals surface area contributed by atoms with Crippen LogP contribution in [0.4, 0.5) is 0 Å². The Labute approximate surface area is 294 Å². The highest BCUT2D eigenvalue weighted by Crippen LogP contribution is 2.21. The molecule has 0 radical (unpaired) electrons. The molecule has 0 heterocycles. The molecule has 4 rings (SSSR count). The Hall–Kier alpha value is -3.90. The fourth-order valence-electron chi connectivity index (χ4n) is 5.54. The van der Waals surface area contributed by atoms with E-state index in [-0.39, 0.29) is 34.8 Å². The van der Waals surface area contributed by atoms with Gasteiger partial charge < -0.3 is 14.2 Å². The SMILES string of the molecule is CC(C)(C)CCOCC(CCc1ccc(C(=O)c2ccccc2)cc1)OCC(CCc1ccc(C(=O)c2ccccc2)cc1)OC(C)(C)C. The van der Waals surface area contributed by atoms with Crippen molar-refractivity contribution in [3.63, 3.8) is 0 Å². The van der Waals surface area contributed by atoms with Crippen molar-refractivity contribution in [2.75, 3.05) is 19.8 Å². The summed E-state index contributed by atoms with van der Waals surface area (Å²) < 4.78 is 19.2. The molecule has 0 N–H and O–H groups in total. The molecule has 2 unspecified atom stereocenters. The van der Waals surface area contributed by atoms with Gasteiger partial charge in [0.25, 0.3) is 0 Å². The van der Waals surface area contributed by atoms with Gasteiger partial charge in [-0.1, -0.05) is 130 Å². The summed E-state index contributed by atoms with van der Waals surface area (Å²) in [6.07, 6.45) is 3.97. The zero-order valence-electron chi connectivity index (χ0n) is 30.2. The highest BCUT2D eigenvalue weighted by Gasteiger charge is 2.22. The van der Waals surface area contributed by atoms with E-state index in [0.29, 0.717) is 42.1 Å². The number of ketones is 2. The molecule has 0 saturated carbocycles. The topological polar surface area (TPSA) is 61.8 Å². The molecule has 5 nitrogen and oxygen atoms in total. The third-order valence-corrected chi connectivity index (χ3v) is 8.35. The Morgan fingerprint density at radius 2 is 0.980 bits per heavy atom. The predicted molar refractivity (Wildman–Crippen MR) is 199 cm³/mol. The monoisotopic (exact) mass is 662 g/mol. The molecule has 2 atom stereocenters. The van der Waals surface area contributed by atoms with Crippen LogP contribution in [0, 0.1) is 5.41 Å². The summed E-state index contributed by atoms with van der Waals surface area (Å²) in [5.74, 6) is 0.0592. The molecule has 0 aliphatic carbocycles. The van der Waals surface area contributed by atoms with Gasteiger partial charge in [-0.2, -0.15) is 0 Å². The second kappa shape index (κ2) is 18.2.